The minimum absolute atomic E-state index is 0.297. The van der Waals surface area contributed by atoms with E-state index in [0.29, 0.717) is 27.3 Å². The van der Waals surface area contributed by atoms with Crippen molar-refractivity contribution in [1.82, 2.24) is 0 Å². The van der Waals surface area contributed by atoms with E-state index in [4.69, 9.17) is 37.4 Å². The maximum absolute atomic E-state index is 12.3. The highest BCUT2D eigenvalue weighted by atomic mass is 35.5. The highest BCUT2D eigenvalue weighted by molar-refractivity contribution is 6.34. The van der Waals surface area contributed by atoms with Crippen molar-refractivity contribution >= 4 is 52.1 Å². The number of hydrogen-bond acceptors (Lipinski definition) is 4. The average Bonchev–Trinajstić information content (AvgIpc) is 2.84. The van der Waals surface area contributed by atoms with E-state index in [1.54, 1.807) is 24.3 Å². The van der Waals surface area contributed by atoms with Crippen LogP contribution in [0.3, 0.4) is 0 Å². The summed E-state index contributed by atoms with van der Waals surface area (Å²) in [6.45, 7) is -0.327. The molecule has 0 N–H and O–H groups in total. The number of carbonyl (C=O) groups is 1. The Hall–Kier alpha value is -3.47. The van der Waals surface area contributed by atoms with Gasteiger partial charge >= 0.3 is 5.97 Å². The molecule has 0 aliphatic rings. The smallest absolute Gasteiger partial charge is 0.349 e. The second kappa shape index (κ2) is 10.4. The van der Waals surface area contributed by atoms with Gasteiger partial charge in [-0.3, -0.25) is 0 Å². The zero-order valence-electron chi connectivity index (χ0n) is 17.8. The highest BCUT2D eigenvalue weighted by Crippen LogP contribution is 2.30. The molecule has 4 rings (SSSR count). The van der Waals surface area contributed by atoms with Crippen molar-refractivity contribution in [2.45, 2.75) is 0 Å². The summed E-state index contributed by atoms with van der Waals surface area (Å²) in [6.07, 6.45) is 4.03. The van der Waals surface area contributed by atoms with Crippen LogP contribution in [0.25, 0.3) is 22.9 Å². The van der Waals surface area contributed by atoms with Crippen molar-refractivity contribution in [3.8, 4) is 17.2 Å². The Morgan fingerprint density at radius 2 is 1.67 bits per heavy atom. The Morgan fingerprint density at radius 3 is 2.52 bits per heavy atom. The van der Waals surface area contributed by atoms with E-state index >= 15 is 0 Å². The molecule has 0 bridgehead atoms. The molecule has 4 aromatic carbocycles. The number of esters is 1. The second-order valence-corrected chi connectivity index (χ2v) is 7.99. The molecule has 0 saturated carbocycles. The van der Waals surface area contributed by atoms with Gasteiger partial charge in [0.1, 0.15) is 5.75 Å². The lowest BCUT2D eigenvalue weighted by atomic mass is 10.0. The largest absolute Gasteiger partial charge is 0.493 e. The molecular weight excluding hydrogens is 459 g/mol. The van der Waals surface area contributed by atoms with Gasteiger partial charge in [-0.1, -0.05) is 83.9 Å². The highest BCUT2D eigenvalue weighted by Gasteiger charge is 2.13. The Kier molecular flexibility index (Phi) is 7.18. The van der Waals surface area contributed by atoms with Gasteiger partial charge in [0, 0.05) is 11.1 Å². The molecule has 0 atom stereocenters. The van der Waals surface area contributed by atoms with Crippen LogP contribution in [-0.2, 0) is 4.79 Å². The number of ether oxygens (including phenoxy) is 3. The molecule has 0 aromatic heterocycles. The summed E-state index contributed by atoms with van der Waals surface area (Å²) in [4.78, 5) is 12.3. The van der Waals surface area contributed by atoms with Gasteiger partial charge in [-0.25, -0.2) is 4.79 Å². The second-order valence-electron chi connectivity index (χ2n) is 7.15. The van der Waals surface area contributed by atoms with Crippen LogP contribution in [0.15, 0.2) is 78.9 Å². The third-order valence-electron chi connectivity index (χ3n) is 4.93. The van der Waals surface area contributed by atoms with Gasteiger partial charge in [0.05, 0.1) is 12.1 Å². The standard InChI is InChI=1S/C27H20Cl2O4/c1-31-26-15-18(9-11-20-7-4-6-19-5-2-3-8-22(19)20)10-14-24(26)33-27(30)17-32-25-16-21(28)12-13-23(25)29/h2-16H,17H2,1H3/b11-9+. The van der Waals surface area contributed by atoms with E-state index < -0.39 is 5.97 Å². The lowest BCUT2D eigenvalue weighted by Crippen LogP contribution is -2.18. The third kappa shape index (κ3) is 5.67. The van der Waals surface area contributed by atoms with Crippen LogP contribution >= 0.6 is 23.2 Å². The molecule has 4 aromatic rings. The fraction of sp³-hybridized carbons (Fsp3) is 0.0741. The fourth-order valence-corrected chi connectivity index (χ4v) is 3.66. The van der Waals surface area contributed by atoms with E-state index in [0.717, 1.165) is 11.1 Å². The quantitative estimate of drug-likeness (QED) is 0.158. The molecule has 0 heterocycles. The first-order valence-electron chi connectivity index (χ1n) is 10.2. The summed E-state index contributed by atoms with van der Waals surface area (Å²) in [5.41, 5.74) is 2.01. The van der Waals surface area contributed by atoms with Crippen molar-refractivity contribution in [2.75, 3.05) is 13.7 Å². The first-order chi connectivity index (χ1) is 16.0. The SMILES string of the molecule is COc1cc(/C=C/c2cccc3ccccc23)ccc1OC(=O)COc1cc(Cl)ccc1Cl. The average molecular weight is 479 g/mol. The number of benzene rings is 4. The number of rotatable bonds is 7. The molecule has 0 fully saturated rings. The summed E-state index contributed by atoms with van der Waals surface area (Å²) in [7, 11) is 1.52. The topological polar surface area (TPSA) is 44.8 Å². The predicted octanol–water partition coefficient (Wildman–Crippen LogP) is 7.31. The van der Waals surface area contributed by atoms with Crippen molar-refractivity contribution in [3.05, 3.63) is 100 Å². The molecule has 0 unspecified atom stereocenters. The summed E-state index contributed by atoms with van der Waals surface area (Å²) < 4.78 is 16.3. The molecule has 0 aliphatic heterocycles. The molecule has 166 valence electrons. The zero-order chi connectivity index (χ0) is 23.2. The minimum atomic E-state index is -0.594. The Labute approximate surface area is 201 Å². The number of methoxy groups -OCH3 is 1. The molecular formula is C27H20Cl2O4. The van der Waals surface area contributed by atoms with E-state index in [9.17, 15) is 4.79 Å². The number of fused-ring (bicyclic) bond motifs is 1. The van der Waals surface area contributed by atoms with Crippen molar-refractivity contribution in [2.24, 2.45) is 0 Å². The Bertz CT molecular complexity index is 1330. The lowest BCUT2D eigenvalue weighted by molar-refractivity contribution is -0.136. The molecule has 0 saturated heterocycles. The maximum Gasteiger partial charge on any atom is 0.349 e. The van der Waals surface area contributed by atoms with Gasteiger partial charge in [-0.05, 0) is 46.2 Å². The lowest BCUT2D eigenvalue weighted by Gasteiger charge is -2.11. The predicted molar refractivity (Wildman–Crippen MR) is 133 cm³/mol. The molecule has 0 radical (unpaired) electrons. The molecule has 4 nitrogen and oxygen atoms in total. The third-order valence-corrected chi connectivity index (χ3v) is 5.48. The van der Waals surface area contributed by atoms with Gasteiger partial charge < -0.3 is 14.2 Å². The van der Waals surface area contributed by atoms with Crippen LogP contribution in [-0.4, -0.2) is 19.7 Å². The molecule has 0 amide bonds. The van der Waals surface area contributed by atoms with Gasteiger partial charge in [0.2, 0.25) is 0 Å². The first-order valence-corrected chi connectivity index (χ1v) is 10.9. The monoisotopic (exact) mass is 478 g/mol. The van der Waals surface area contributed by atoms with Crippen LogP contribution in [0.4, 0.5) is 0 Å². The van der Waals surface area contributed by atoms with Crippen molar-refractivity contribution < 1.29 is 19.0 Å². The molecule has 0 aliphatic carbocycles. The van der Waals surface area contributed by atoms with E-state index in [1.165, 1.54) is 23.9 Å². The van der Waals surface area contributed by atoms with Crippen molar-refractivity contribution in [3.63, 3.8) is 0 Å². The van der Waals surface area contributed by atoms with Gasteiger partial charge in [-0.15, -0.1) is 0 Å². The van der Waals surface area contributed by atoms with Crippen LogP contribution < -0.4 is 14.2 Å². The fourth-order valence-electron chi connectivity index (χ4n) is 3.33. The van der Waals surface area contributed by atoms with Crippen LogP contribution in [0.1, 0.15) is 11.1 Å². The normalized spacial score (nSPS) is 11.0. The van der Waals surface area contributed by atoms with Crippen molar-refractivity contribution in [1.29, 1.82) is 0 Å². The first kappa shape index (κ1) is 22.7. The number of halogens is 2. The zero-order valence-corrected chi connectivity index (χ0v) is 19.3. The van der Waals surface area contributed by atoms with Crippen LogP contribution in [0.5, 0.6) is 17.2 Å². The van der Waals surface area contributed by atoms with Crippen LogP contribution in [0.2, 0.25) is 10.0 Å². The van der Waals surface area contributed by atoms with E-state index in [1.807, 2.05) is 36.4 Å². The maximum atomic E-state index is 12.3. The molecule has 6 heteroatoms. The number of hydrogen-bond donors (Lipinski definition) is 0. The van der Waals surface area contributed by atoms with Gasteiger partial charge in [0.15, 0.2) is 18.1 Å². The van der Waals surface area contributed by atoms with Crippen LogP contribution in [0, 0.1) is 0 Å². The summed E-state index contributed by atoms with van der Waals surface area (Å²) >= 11 is 12.0. The van der Waals surface area contributed by atoms with Gasteiger partial charge in [-0.2, -0.15) is 0 Å². The Balaban J connectivity index is 1.45. The summed E-state index contributed by atoms with van der Waals surface area (Å²) in [5, 5.41) is 3.16. The molecule has 33 heavy (non-hydrogen) atoms. The van der Waals surface area contributed by atoms with Gasteiger partial charge in [0.25, 0.3) is 0 Å². The minimum Gasteiger partial charge on any atom is -0.493 e. The molecule has 0 spiro atoms. The summed E-state index contributed by atoms with van der Waals surface area (Å²) in [5.74, 6) is 0.445. The Morgan fingerprint density at radius 1 is 0.848 bits per heavy atom. The number of carbonyl (C=O) groups excluding carboxylic acids is 1. The summed E-state index contributed by atoms with van der Waals surface area (Å²) in [6, 6.07) is 24.5. The van der Waals surface area contributed by atoms with E-state index in [2.05, 4.69) is 24.3 Å². The van der Waals surface area contributed by atoms with E-state index in [-0.39, 0.29) is 6.61 Å².